The van der Waals surface area contributed by atoms with Gasteiger partial charge in [0.1, 0.15) is 16.5 Å². The molecular weight excluding hydrogens is 601 g/mol. The van der Waals surface area contributed by atoms with E-state index < -0.39 is 17.6 Å². The fourth-order valence-electron chi connectivity index (χ4n) is 6.40. The van der Waals surface area contributed by atoms with Crippen LogP contribution in [0.25, 0.3) is 43.6 Å². The number of hydrogen-bond donors (Lipinski definition) is 1. The minimum absolute atomic E-state index is 0.0182. The molecule has 1 aliphatic carbocycles. The predicted molar refractivity (Wildman–Crippen MR) is 170 cm³/mol. The molecule has 10 heteroatoms. The molecule has 0 bridgehead atoms. The van der Waals surface area contributed by atoms with Crippen LogP contribution in [-0.4, -0.2) is 31.4 Å². The van der Waals surface area contributed by atoms with Crippen LogP contribution in [0.1, 0.15) is 58.3 Å². The summed E-state index contributed by atoms with van der Waals surface area (Å²) in [6, 6.07) is 14.6. The number of nitrogens with zero attached hydrogens (tertiary/aromatic N) is 3. The first-order valence-electron chi connectivity index (χ1n) is 14.5. The summed E-state index contributed by atoms with van der Waals surface area (Å²) in [6.07, 6.45) is 7.21. The van der Waals surface area contributed by atoms with Crippen LogP contribution in [0.2, 0.25) is 0 Å². The van der Waals surface area contributed by atoms with Crippen LogP contribution >= 0.6 is 22.7 Å². The summed E-state index contributed by atoms with van der Waals surface area (Å²) in [6.45, 7) is 0.0791. The number of pyridine rings is 1. The van der Waals surface area contributed by atoms with Crippen molar-refractivity contribution in [2.45, 2.75) is 51.0 Å². The van der Waals surface area contributed by atoms with Crippen LogP contribution in [0.5, 0.6) is 0 Å². The number of carboxylic acids is 1. The number of halogens is 2. The molecule has 6 aromatic rings. The number of thiazole rings is 1. The molecule has 222 valence electrons. The molecule has 0 radical (unpaired) electrons. The number of aromatic carboxylic acids is 1. The van der Waals surface area contributed by atoms with Crippen molar-refractivity contribution >= 4 is 55.5 Å². The number of fused-ring (bicyclic) bond motifs is 2. The maximum atomic E-state index is 14.5. The molecule has 44 heavy (non-hydrogen) atoms. The summed E-state index contributed by atoms with van der Waals surface area (Å²) < 4.78 is 31.9. The number of rotatable bonds is 8. The highest BCUT2D eigenvalue weighted by molar-refractivity contribution is 7.21. The molecule has 0 unspecified atom stereocenters. The number of carboxylic acid groups (broad SMARTS) is 1. The molecule has 0 spiro atoms. The quantitative estimate of drug-likeness (QED) is 0.182. The standard InChI is InChI=1S/C34H27F2N3O3S2/c35-23-7-4-8-24(36)31(23)26-12-9-20-15-21(10-11-25(20)38-26)32-30(19-5-2-1-3-6-19)33-27(17-28(44-33)34(41)42)39(32)18-22(40)16-29-37-13-14-43-29/h4,7-15,17,19H,1-3,5-6,16,18H2,(H,41,42). The Morgan fingerprint density at radius 2 is 1.80 bits per heavy atom. The number of ketones is 1. The van der Waals surface area contributed by atoms with Gasteiger partial charge in [0.2, 0.25) is 0 Å². The van der Waals surface area contributed by atoms with E-state index in [-0.39, 0.29) is 40.8 Å². The Morgan fingerprint density at radius 1 is 1.00 bits per heavy atom. The Morgan fingerprint density at radius 3 is 2.52 bits per heavy atom. The van der Waals surface area contributed by atoms with Crippen LogP contribution in [0.4, 0.5) is 8.78 Å². The zero-order valence-electron chi connectivity index (χ0n) is 23.6. The van der Waals surface area contributed by atoms with Gasteiger partial charge in [0, 0.05) is 17.0 Å². The van der Waals surface area contributed by atoms with Gasteiger partial charge in [0.15, 0.2) is 5.78 Å². The van der Waals surface area contributed by atoms with Gasteiger partial charge in [0.05, 0.1) is 50.7 Å². The lowest BCUT2D eigenvalue weighted by Crippen LogP contribution is -2.14. The molecule has 0 saturated heterocycles. The van der Waals surface area contributed by atoms with Gasteiger partial charge in [-0.3, -0.25) is 4.79 Å². The third-order valence-corrected chi connectivity index (χ3v) is 10.3. The first kappa shape index (κ1) is 28.5. The van der Waals surface area contributed by atoms with Gasteiger partial charge in [-0.1, -0.05) is 37.5 Å². The minimum atomic E-state index is -0.984. The topological polar surface area (TPSA) is 85.1 Å². The molecule has 1 fully saturated rings. The molecule has 1 saturated carbocycles. The normalized spacial score (nSPS) is 14.0. The summed E-state index contributed by atoms with van der Waals surface area (Å²) in [5.74, 6) is -2.12. The lowest BCUT2D eigenvalue weighted by molar-refractivity contribution is -0.118. The Kier molecular flexibility index (Phi) is 7.55. The van der Waals surface area contributed by atoms with Crippen molar-refractivity contribution in [3.63, 3.8) is 0 Å². The fraction of sp³-hybridized carbons (Fsp3) is 0.235. The van der Waals surface area contributed by atoms with E-state index in [2.05, 4.69) is 9.97 Å². The summed E-state index contributed by atoms with van der Waals surface area (Å²) in [5, 5.41) is 13.2. The first-order valence-corrected chi connectivity index (χ1v) is 16.2. The molecule has 4 heterocycles. The number of carbonyl (C=O) groups is 2. The van der Waals surface area contributed by atoms with Crippen molar-refractivity contribution in [1.82, 2.24) is 14.5 Å². The smallest absolute Gasteiger partial charge is 0.345 e. The highest BCUT2D eigenvalue weighted by Crippen LogP contribution is 2.47. The Balaban J connectivity index is 1.39. The molecular formula is C34H27F2N3O3S2. The largest absolute Gasteiger partial charge is 0.477 e. The molecule has 6 nitrogen and oxygen atoms in total. The van der Waals surface area contributed by atoms with Crippen LogP contribution in [0, 0.1) is 11.6 Å². The van der Waals surface area contributed by atoms with Gasteiger partial charge in [-0.15, -0.1) is 22.7 Å². The highest BCUT2D eigenvalue weighted by Gasteiger charge is 2.30. The monoisotopic (exact) mass is 627 g/mol. The van der Waals surface area contributed by atoms with Crippen molar-refractivity contribution < 1.29 is 23.5 Å². The summed E-state index contributed by atoms with van der Waals surface area (Å²) in [4.78, 5) is 34.6. The maximum Gasteiger partial charge on any atom is 0.345 e. The number of Topliss-reactive ketones (excluding diaryl/α,β-unsaturated/α-hetero) is 1. The van der Waals surface area contributed by atoms with Gasteiger partial charge < -0.3 is 9.67 Å². The number of thiophene rings is 1. The van der Waals surface area contributed by atoms with E-state index in [4.69, 9.17) is 0 Å². The summed E-state index contributed by atoms with van der Waals surface area (Å²) >= 11 is 2.70. The van der Waals surface area contributed by atoms with Crippen LogP contribution < -0.4 is 0 Å². The number of hydrogen-bond acceptors (Lipinski definition) is 6. The van der Waals surface area contributed by atoms with Crippen molar-refractivity contribution in [3.05, 3.63) is 93.3 Å². The molecule has 0 aliphatic heterocycles. The average Bonchev–Trinajstić information content (AvgIpc) is 3.75. The molecule has 4 aromatic heterocycles. The minimum Gasteiger partial charge on any atom is -0.477 e. The number of carbonyl (C=O) groups excluding carboxylic acids is 1. The Labute approximate surface area is 259 Å². The summed E-state index contributed by atoms with van der Waals surface area (Å²) in [5.41, 5.74) is 4.26. The lowest BCUT2D eigenvalue weighted by atomic mass is 9.83. The fourth-order valence-corrected chi connectivity index (χ4v) is 8.16. The lowest BCUT2D eigenvalue weighted by Gasteiger charge is -2.23. The zero-order valence-corrected chi connectivity index (χ0v) is 25.2. The molecule has 0 atom stereocenters. The Hall–Kier alpha value is -4.28. The SMILES string of the molecule is O=C(Cc1nccs1)Cn1c(-c2ccc3nc(-c4c(F)cccc4F)ccc3c2)c(C2CCCCC2)c2sc(C(=O)O)cc21. The van der Waals surface area contributed by atoms with Gasteiger partial charge in [-0.2, -0.15) is 0 Å². The molecule has 2 aromatic carbocycles. The predicted octanol–water partition coefficient (Wildman–Crippen LogP) is 8.88. The van der Waals surface area contributed by atoms with E-state index in [0.717, 1.165) is 63.1 Å². The van der Waals surface area contributed by atoms with Gasteiger partial charge in [-0.25, -0.2) is 23.5 Å². The van der Waals surface area contributed by atoms with E-state index in [1.807, 2.05) is 28.1 Å². The first-order chi connectivity index (χ1) is 21.4. The second-order valence-corrected chi connectivity index (χ2v) is 13.2. The van der Waals surface area contributed by atoms with Crippen LogP contribution in [-0.2, 0) is 17.8 Å². The molecule has 0 amide bonds. The third kappa shape index (κ3) is 5.22. The maximum absolute atomic E-state index is 14.5. The van der Waals surface area contributed by atoms with E-state index in [1.54, 1.807) is 24.4 Å². The van der Waals surface area contributed by atoms with E-state index in [9.17, 15) is 23.5 Å². The average molecular weight is 628 g/mol. The number of benzene rings is 2. The second-order valence-electron chi connectivity index (χ2n) is 11.2. The van der Waals surface area contributed by atoms with Crippen molar-refractivity contribution in [2.75, 3.05) is 0 Å². The third-order valence-electron chi connectivity index (χ3n) is 8.34. The highest BCUT2D eigenvalue weighted by atomic mass is 32.1. The van der Waals surface area contributed by atoms with Crippen molar-refractivity contribution in [3.8, 4) is 22.5 Å². The Bertz CT molecular complexity index is 2020. The van der Waals surface area contributed by atoms with Crippen molar-refractivity contribution in [2.24, 2.45) is 0 Å². The molecule has 1 N–H and O–H groups in total. The van der Waals surface area contributed by atoms with Crippen LogP contribution in [0.3, 0.4) is 0 Å². The van der Waals surface area contributed by atoms with Crippen molar-refractivity contribution in [1.29, 1.82) is 0 Å². The van der Waals surface area contributed by atoms with E-state index in [0.29, 0.717) is 5.52 Å². The van der Waals surface area contributed by atoms with Gasteiger partial charge >= 0.3 is 5.97 Å². The number of aromatic nitrogens is 3. The van der Waals surface area contributed by atoms with Gasteiger partial charge in [-0.05, 0) is 66.3 Å². The summed E-state index contributed by atoms with van der Waals surface area (Å²) in [7, 11) is 0. The molecule has 1 aliphatic rings. The van der Waals surface area contributed by atoms with Gasteiger partial charge in [0.25, 0.3) is 0 Å². The van der Waals surface area contributed by atoms with E-state index >= 15 is 0 Å². The van der Waals surface area contributed by atoms with Crippen LogP contribution in [0.15, 0.2) is 66.2 Å². The molecule has 7 rings (SSSR count). The van der Waals surface area contributed by atoms with E-state index in [1.165, 1.54) is 47.3 Å². The second kappa shape index (κ2) is 11.7. The zero-order chi connectivity index (χ0) is 30.4.